The summed E-state index contributed by atoms with van der Waals surface area (Å²) >= 11 is 11.9. The van der Waals surface area contributed by atoms with Crippen LogP contribution in [-0.4, -0.2) is 17.1 Å². The van der Waals surface area contributed by atoms with Crippen LogP contribution < -0.4 is 5.32 Å². The van der Waals surface area contributed by atoms with Crippen molar-refractivity contribution in [2.45, 2.75) is 6.18 Å². The minimum Gasteiger partial charge on any atom is -0.435 e. The fourth-order valence-electron chi connectivity index (χ4n) is 2.02. The lowest BCUT2D eigenvalue weighted by Gasteiger charge is -2.08. The molecule has 0 aliphatic heterocycles. The van der Waals surface area contributed by atoms with E-state index >= 15 is 0 Å². The Morgan fingerprint density at radius 2 is 1.92 bits per heavy atom. The summed E-state index contributed by atoms with van der Waals surface area (Å²) in [5.41, 5.74) is 1.05. The van der Waals surface area contributed by atoms with Crippen molar-refractivity contribution in [1.29, 1.82) is 0 Å². The Morgan fingerprint density at radius 1 is 1.17 bits per heavy atom. The molecule has 1 heterocycles. The van der Waals surface area contributed by atoms with Gasteiger partial charge in [-0.1, -0.05) is 29.3 Å². The standard InChI is InChI=1S/C15H7Cl2F3N2O2/c16-8-5-10(17)12-11(6-8)22-13(24-12)7-2-1-3-9(4-7)21-14(23)15(18,19)20/h1-6H,(H,21,23). The summed E-state index contributed by atoms with van der Waals surface area (Å²) in [5, 5.41) is 2.40. The normalized spacial score (nSPS) is 11.7. The molecule has 0 fully saturated rings. The summed E-state index contributed by atoms with van der Waals surface area (Å²) in [4.78, 5) is 15.2. The molecule has 0 saturated carbocycles. The number of oxazole rings is 1. The third-order valence-electron chi connectivity index (χ3n) is 3.03. The number of carbonyl (C=O) groups is 1. The van der Waals surface area contributed by atoms with E-state index in [9.17, 15) is 18.0 Å². The Kier molecular flexibility index (Phi) is 4.15. The molecule has 0 radical (unpaired) electrons. The van der Waals surface area contributed by atoms with E-state index in [4.69, 9.17) is 27.6 Å². The highest BCUT2D eigenvalue weighted by molar-refractivity contribution is 6.38. The van der Waals surface area contributed by atoms with Gasteiger partial charge in [-0.15, -0.1) is 0 Å². The molecule has 2 aromatic carbocycles. The molecule has 3 rings (SSSR count). The number of rotatable bonds is 2. The zero-order valence-electron chi connectivity index (χ0n) is 11.6. The van der Waals surface area contributed by atoms with Crippen molar-refractivity contribution in [3.63, 3.8) is 0 Å². The zero-order valence-corrected chi connectivity index (χ0v) is 13.1. The number of anilines is 1. The molecule has 24 heavy (non-hydrogen) atoms. The summed E-state index contributed by atoms with van der Waals surface area (Å²) in [6.45, 7) is 0. The van der Waals surface area contributed by atoms with E-state index < -0.39 is 12.1 Å². The summed E-state index contributed by atoms with van der Waals surface area (Å²) in [5.74, 6) is -1.93. The number of alkyl halides is 3. The Morgan fingerprint density at radius 3 is 2.62 bits per heavy atom. The molecule has 0 spiro atoms. The number of aromatic nitrogens is 1. The third-order valence-corrected chi connectivity index (χ3v) is 3.53. The van der Waals surface area contributed by atoms with E-state index in [0.29, 0.717) is 21.7 Å². The number of hydrogen-bond donors (Lipinski definition) is 1. The summed E-state index contributed by atoms with van der Waals surface area (Å²) in [6, 6.07) is 8.70. The molecule has 9 heteroatoms. The molecule has 1 amide bonds. The molecule has 0 aliphatic carbocycles. The van der Waals surface area contributed by atoms with Gasteiger partial charge < -0.3 is 9.73 Å². The van der Waals surface area contributed by atoms with Gasteiger partial charge in [-0.3, -0.25) is 4.79 Å². The smallest absolute Gasteiger partial charge is 0.435 e. The number of fused-ring (bicyclic) bond motifs is 1. The molecule has 1 N–H and O–H groups in total. The number of nitrogens with one attached hydrogen (secondary N) is 1. The number of benzene rings is 2. The molecule has 0 aliphatic rings. The van der Waals surface area contributed by atoms with Gasteiger partial charge in [-0.25, -0.2) is 4.98 Å². The maximum absolute atomic E-state index is 12.3. The molecule has 124 valence electrons. The minimum atomic E-state index is -4.97. The van der Waals surface area contributed by atoms with Gasteiger partial charge in [0.1, 0.15) is 5.52 Å². The average Bonchev–Trinajstić information content (AvgIpc) is 2.91. The quantitative estimate of drug-likeness (QED) is 0.661. The second-order valence-corrected chi connectivity index (χ2v) is 5.63. The van der Waals surface area contributed by atoms with E-state index in [0.717, 1.165) is 0 Å². The highest BCUT2D eigenvalue weighted by atomic mass is 35.5. The van der Waals surface area contributed by atoms with Gasteiger partial charge in [0, 0.05) is 16.3 Å². The molecule has 0 unspecified atom stereocenters. The number of nitrogens with zero attached hydrogens (tertiary/aromatic N) is 1. The third kappa shape index (κ3) is 3.32. The van der Waals surface area contributed by atoms with Crippen LogP contribution in [0.3, 0.4) is 0 Å². The van der Waals surface area contributed by atoms with Crippen molar-refractivity contribution in [2.24, 2.45) is 0 Å². The molecule has 0 bridgehead atoms. The van der Waals surface area contributed by atoms with Crippen molar-refractivity contribution in [3.8, 4) is 11.5 Å². The van der Waals surface area contributed by atoms with Gasteiger partial charge in [0.25, 0.3) is 0 Å². The molecule has 1 aromatic heterocycles. The first-order chi connectivity index (χ1) is 11.2. The molecular formula is C15H7Cl2F3N2O2. The van der Waals surface area contributed by atoms with Crippen molar-refractivity contribution in [1.82, 2.24) is 4.98 Å². The Labute approximate surface area is 143 Å². The summed E-state index contributed by atoms with van der Waals surface area (Å²) in [7, 11) is 0. The van der Waals surface area contributed by atoms with Crippen molar-refractivity contribution < 1.29 is 22.4 Å². The van der Waals surface area contributed by atoms with E-state index in [1.54, 1.807) is 17.4 Å². The van der Waals surface area contributed by atoms with Crippen molar-refractivity contribution in [3.05, 3.63) is 46.4 Å². The maximum Gasteiger partial charge on any atom is 0.471 e. The fraction of sp³-hybridized carbons (Fsp3) is 0.0667. The first-order valence-electron chi connectivity index (χ1n) is 6.48. The van der Waals surface area contributed by atoms with Gasteiger partial charge in [0.05, 0.1) is 5.02 Å². The van der Waals surface area contributed by atoms with E-state index in [1.807, 2.05) is 0 Å². The summed E-state index contributed by atoms with van der Waals surface area (Å²) in [6.07, 6.45) is -4.97. The topological polar surface area (TPSA) is 55.1 Å². The predicted molar refractivity (Wildman–Crippen MR) is 84.1 cm³/mol. The average molecular weight is 375 g/mol. The zero-order chi connectivity index (χ0) is 17.5. The van der Waals surface area contributed by atoms with Crippen LogP contribution in [0.25, 0.3) is 22.6 Å². The van der Waals surface area contributed by atoms with Crippen LogP contribution in [0.4, 0.5) is 18.9 Å². The van der Waals surface area contributed by atoms with Crippen LogP contribution in [0.5, 0.6) is 0 Å². The van der Waals surface area contributed by atoms with Gasteiger partial charge in [0.15, 0.2) is 5.58 Å². The molecule has 3 aromatic rings. The van der Waals surface area contributed by atoms with Crippen LogP contribution in [0, 0.1) is 0 Å². The minimum absolute atomic E-state index is 0.0405. The fourth-order valence-corrected chi connectivity index (χ4v) is 2.54. The van der Waals surface area contributed by atoms with Crippen molar-refractivity contribution in [2.75, 3.05) is 5.32 Å². The first kappa shape index (κ1) is 16.6. The molecule has 0 saturated heterocycles. The van der Waals surface area contributed by atoms with Gasteiger partial charge >= 0.3 is 12.1 Å². The van der Waals surface area contributed by atoms with E-state index in [2.05, 4.69) is 4.98 Å². The summed E-state index contributed by atoms with van der Waals surface area (Å²) < 4.78 is 42.5. The molecular weight excluding hydrogens is 368 g/mol. The molecule has 0 atom stereocenters. The highest BCUT2D eigenvalue weighted by Crippen LogP contribution is 2.32. The van der Waals surface area contributed by atoms with Crippen molar-refractivity contribution >= 4 is 45.9 Å². The second kappa shape index (κ2) is 5.99. The van der Waals surface area contributed by atoms with Gasteiger partial charge in [0.2, 0.25) is 5.89 Å². The lowest BCUT2D eigenvalue weighted by molar-refractivity contribution is -0.167. The number of carbonyl (C=O) groups excluding carboxylic acids is 1. The van der Waals surface area contributed by atoms with Crippen LogP contribution in [0.15, 0.2) is 40.8 Å². The van der Waals surface area contributed by atoms with Crippen LogP contribution in [-0.2, 0) is 4.79 Å². The predicted octanol–water partition coefficient (Wildman–Crippen LogP) is 5.30. The number of hydrogen-bond acceptors (Lipinski definition) is 3. The molecule has 4 nitrogen and oxygen atoms in total. The highest BCUT2D eigenvalue weighted by Gasteiger charge is 2.38. The first-order valence-corrected chi connectivity index (χ1v) is 7.24. The lowest BCUT2D eigenvalue weighted by atomic mass is 10.2. The Balaban J connectivity index is 1.97. The van der Waals surface area contributed by atoms with E-state index in [1.165, 1.54) is 24.3 Å². The maximum atomic E-state index is 12.3. The second-order valence-electron chi connectivity index (χ2n) is 4.79. The van der Waals surface area contributed by atoms with E-state index in [-0.39, 0.29) is 16.6 Å². The van der Waals surface area contributed by atoms with Crippen LogP contribution in [0.1, 0.15) is 0 Å². The van der Waals surface area contributed by atoms with Gasteiger partial charge in [-0.2, -0.15) is 13.2 Å². The van der Waals surface area contributed by atoms with Gasteiger partial charge in [-0.05, 0) is 30.3 Å². The van der Waals surface area contributed by atoms with Crippen LogP contribution in [0.2, 0.25) is 10.0 Å². The largest absolute Gasteiger partial charge is 0.471 e. The SMILES string of the molecule is O=C(Nc1cccc(-c2nc3cc(Cl)cc(Cl)c3o2)c1)C(F)(F)F. The Hall–Kier alpha value is -2.25. The van der Waals surface area contributed by atoms with Crippen LogP contribution >= 0.6 is 23.2 Å². The monoisotopic (exact) mass is 374 g/mol. The number of amides is 1. The Bertz CT molecular complexity index is 938. The number of halogens is 5. The lowest BCUT2D eigenvalue weighted by Crippen LogP contribution is -2.29.